The first-order valence-electron chi connectivity index (χ1n) is 10.3. The van der Waals surface area contributed by atoms with Crippen LogP contribution in [-0.2, 0) is 4.79 Å². The summed E-state index contributed by atoms with van der Waals surface area (Å²) in [6.45, 7) is 5.56. The van der Waals surface area contributed by atoms with Gasteiger partial charge >= 0.3 is 5.97 Å². The maximum Gasteiger partial charge on any atom is 0.309 e. The fourth-order valence-corrected chi connectivity index (χ4v) is 5.33. The molecule has 8 nitrogen and oxygen atoms in total. The highest BCUT2D eigenvalue weighted by molar-refractivity contribution is 6.35. The van der Waals surface area contributed by atoms with E-state index in [4.69, 9.17) is 23.2 Å². The molecule has 5 rings (SSSR count). The van der Waals surface area contributed by atoms with Crippen LogP contribution in [0.15, 0.2) is 24.3 Å². The summed E-state index contributed by atoms with van der Waals surface area (Å²) >= 11 is 12.4. The lowest BCUT2D eigenvalue weighted by Gasteiger charge is -2.52. The Morgan fingerprint density at radius 2 is 1.90 bits per heavy atom. The van der Waals surface area contributed by atoms with E-state index in [0.717, 1.165) is 42.8 Å². The summed E-state index contributed by atoms with van der Waals surface area (Å²) in [6, 6.07) is 7.22. The van der Waals surface area contributed by atoms with Crippen LogP contribution in [0.25, 0.3) is 11.2 Å². The van der Waals surface area contributed by atoms with Crippen molar-refractivity contribution in [1.29, 1.82) is 0 Å². The van der Waals surface area contributed by atoms with Gasteiger partial charge in [0.2, 0.25) is 5.65 Å². The van der Waals surface area contributed by atoms with Gasteiger partial charge in [-0.25, -0.2) is 4.68 Å². The molecule has 3 heterocycles. The Morgan fingerprint density at radius 1 is 1.16 bits per heavy atom. The number of carbonyl (C=O) groups is 1. The normalized spacial score (nSPS) is 24.6. The number of hydrogen-bond donors (Lipinski definition) is 1. The number of rotatable bonds is 5. The molecule has 0 radical (unpaired) electrons. The number of carboxylic acids is 1. The molecule has 1 aliphatic carbocycles. The van der Waals surface area contributed by atoms with Crippen LogP contribution < -0.4 is 4.90 Å². The number of anilines is 1. The average molecular weight is 461 g/mol. The molecule has 0 unspecified atom stereocenters. The smallest absolute Gasteiger partial charge is 0.309 e. The molecule has 2 aromatic heterocycles. The topological polar surface area (TPSA) is 97.0 Å². The van der Waals surface area contributed by atoms with E-state index >= 15 is 0 Å². The molecule has 1 N–H and O–H groups in total. The van der Waals surface area contributed by atoms with E-state index in [1.54, 1.807) is 16.8 Å². The molecule has 2 aliphatic rings. The van der Waals surface area contributed by atoms with Crippen molar-refractivity contribution in [3.05, 3.63) is 39.9 Å². The van der Waals surface area contributed by atoms with E-state index in [1.807, 2.05) is 26.0 Å². The Hall–Kier alpha value is -2.45. The van der Waals surface area contributed by atoms with E-state index in [1.165, 1.54) is 0 Å². The number of aromatic nitrogens is 5. The van der Waals surface area contributed by atoms with Crippen LogP contribution in [0.3, 0.4) is 0 Å². The highest BCUT2D eigenvalue weighted by atomic mass is 35.5. The van der Waals surface area contributed by atoms with Crippen molar-refractivity contribution in [2.24, 2.45) is 17.3 Å². The second-order valence-electron chi connectivity index (χ2n) is 8.99. The van der Waals surface area contributed by atoms with Crippen LogP contribution in [0, 0.1) is 17.3 Å². The average Bonchev–Trinajstić information content (AvgIpc) is 3.08. The Kier molecular flexibility index (Phi) is 4.82. The summed E-state index contributed by atoms with van der Waals surface area (Å²) in [7, 11) is 0. The summed E-state index contributed by atoms with van der Waals surface area (Å²) in [6.07, 6.45) is 1.50. The Labute approximate surface area is 189 Å². The zero-order chi connectivity index (χ0) is 21.9. The minimum absolute atomic E-state index is 0.153. The predicted molar refractivity (Wildman–Crippen MR) is 118 cm³/mol. The number of carboxylic acid groups (broad SMARTS) is 1. The molecule has 3 aromatic rings. The lowest BCUT2D eigenvalue weighted by atomic mass is 9.58. The molecule has 1 saturated carbocycles. The number of halogens is 2. The molecule has 1 atom stereocenters. The van der Waals surface area contributed by atoms with Crippen molar-refractivity contribution in [2.45, 2.75) is 32.7 Å². The zero-order valence-electron chi connectivity index (χ0n) is 17.2. The molecule has 10 heteroatoms. The first-order chi connectivity index (χ1) is 14.7. The molecule has 162 valence electrons. The molecule has 0 amide bonds. The number of fused-ring (bicyclic) bond motifs is 1. The van der Waals surface area contributed by atoms with E-state index in [0.29, 0.717) is 27.5 Å². The number of nitrogens with zero attached hydrogens (tertiary/aromatic N) is 6. The predicted octanol–water partition coefficient (Wildman–Crippen LogP) is 4.07. The third-order valence-electron chi connectivity index (χ3n) is 6.85. The van der Waals surface area contributed by atoms with Gasteiger partial charge in [0.25, 0.3) is 0 Å². The van der Waals surface area contributed by atoms with Crippen molar-refractivity contribution in [2.75, 3.05) is 18.0 Å². The second kappa shape index (κ2) is 7.31. The van der Waals surface area contributed by atoms with Crippen molar-refractivity contribution < 1.29 is 9.90 Å². The largest absolute Gasteiger partial charge is 0.481 e. The molecule has 0 bridgehead atoms. The summed E-state index contributed by atoms with van der Waals surface area (Å²) < 4.78 is 1.80. The van der Waals surface area contributed by atoms with E-state index in [2.05, 4.69) is 25.4 Å². The van der Waals surface area contributed by atoms with Gasteiger partial charge in [0, 0.05) is 29.2 Å². The Bertz CT molecular complexity index is 1170. The van der Waals surface area contributed by atoms with Crippen LogP contribution in [0.1, 0.15) is 38.3 Å². The van der Waals surface area contributed by atoms with Crippen LogP contribution in [0.5, 0.6) is 0 Å². The van der Waals surface area contributed by atoms with Gasteiger partial charge in [-0.2, -0.15) is 0 Å². The van der Waals surface area contributed by atoms with Crippen LogP contribution in [0.4, 0.5) is 5.82 Å². The van der Waals surface area contributed by atoms with Crippen LogP contribution in [-0.4, -0.2) is 49.4 Å². The highest BCUT2D eigenvalue weighted by Crippen LogP contribution is 2.51. The standard InChI is InChI=1S/C21H22Cl2N6O2/c1-11(15-4-3-14(22)5-16(15)23)29-17-6-18(24-25-19(17)26-27-29)28-9-13(10-28)12-7-21(2,8-12)20(30)31/h3-6,11-13H,7-10H2,1-2H3,(H,30,31)/t11-,12?,21?/m1/s1. The molecular formula is C21H22Cl2N6O2. The van der Waals surface area contributed by atoms with E-state index < -0.39 is 11.4 Å². The van der Waals surface area contributed by atoms with Crippen LogP contribution >= 0.6 is 23.2 Å². The van der Waals surface area contributed by atoms with Gasteiger partial charge in [-0.05, 0) is 56.2 Å². The van der Waals surface area contributed by atoms with Gasteiger partial charge in [0.1, 0.15) is 5.52 Å². The lowest BCUT2D eigenvalue weighted by molar-refractivity contribution is -0.158. The second-order valence-corrected chi connectivity index (χ2v) is 9.83. The molecule has 0 spiro atoms. The zero-order valence-corrected chi connectivity index (χ0v) is 18.7. The van der Waals surface area contributed by atoms with E-state index in [-0.39, 0.29) is 6.04 Å². The number of hydrogen-bond acceptors (Lipinski definition) is 6. The van der Waals surface area contributed by atoms with Crippen molar-refractivity contribution in [1.82, 2.24) is 25.2 Å². The van der Waals surface area contributed by atoms with Crippen molar-refractivity contribution >= 4 is 46.2 Å². The monoisotopic (exact) mass is 460 g/mol. The first kappa shape index (κ1) is 20.5. The third-order valence-corrected chi connectivity index (χ3v) is 7.41. The fourth-order valence-electron chi connectivity index (χ4n) is 4.76. The summed E-state index contributed by atoms with van der Waals surface area (Å²) in [4.78, 5) is 13.5. The SMILES string of the molecule is C[C@H](c1ccc(Cl)cc1Cl)n1nnc2nnc(N3CC(C4CC(C)(C(=O)O)C4)C3)cc21. The van der Waals surface area contributed by atoms with Gasteiger partial charge in [0.05, 0.1) is 11.5 Å². The van der Waals surface area contributed by atoms with Gasteiger partial charge in [-0.3, -0.25) is 4.79 Å². The maximum atomic E-state index is 11.3. The van der Waals surface area contributed by atoms with Crippen molar-refractivity contribution in [3.8, 4) is 0 Å². The first-order valence-corrected chi connectivity index (χ1v) is 11.0. The van der Waals surface area contributed by atoms with Crippen molar-refractivity contribution in [3.63, 3.8) is 0 Å². The molecule has 1 aromatic carbocycles. The minimum atomic E-state index is -0.688. The van der Waals surface area contributed by atoms with Crippen LogP contribution in [0.2, 0.25) is 10.0 Å². The van der Waals surface area contributed by atoms with Gasteiger partial charge in [-0.15, -0.1) is 15.3 Å². The van der Waals surface area contributed by atoms with Gasteiger partial charge in [-0.1, -0.05) is 34.5 Å². The van der Waals surface area contributed by atoms with E-state index in [9.17, 15) is 9.90 Å². The fraction of sp³-hybridized carbons (Fsp3) is 0.476. The summed E-state index contributed by atoms with van der Waals surface area (Å²) in [5.41, 5.74) is 1.61. The minimum Gasteiger partial charge on any atom is -0.481 e. The Balaban J connectivity index is 1.33. The quantitative estimate of drug-likeness (QED) is 0.612. The van der Waals surface area contributed by atoms with Gasteiger partial charge in [0.15, 0.2) is 5.82 Å². The lowest BCUT2D eigenvalue weighted by Crippen LogP contribution is -2.56. The summed E-state index contributed by atoms with van der Waals surface area (Å²) in [5.74, 6) is 1.06. The summed E-state index contributed by atoms with van der Waals surface area (Å²) in [5, 5.41) is 27.5. The number of aliphatic carboxylic acids is 1. The number of benzene rings is 1. The Morgan fingerprint density at radius 3 is 2.58 bits per heavy atom. The maximum absolute atomic E-state index is 11.3. The third kappa shape index (κ3) is 3.42. The highest BCUT2D eigenvalue weighted by Gasteiger charge is 2.51. The molecule has 31 heavy (non-hydrogen) atoms. The molecule has 2 fully saturated rings. The molecule has 1 saturated heterocycles. The molecule has 1 aliphatic heterocycles. The van der Waals surface area contributed by atoms with Gasteiger partial charge < -0.3 is 10.0 Å². The molecular weight excluding hydrogens is 439 g/mol.